The van der Waals surface area contributed by atoms with Gasteiger partial charge in [0.1, 0.15) is 0 Å². The van der Waals surface area contributed by atoms with E-state index in [1.54, 1.807) is 12.1 Å². The minimum Gasteiger partial charge on any atom is -0.388 e. The first kappa shape index (κ1) is 14.4. The number of rotatable bonds is 3. The van der Waals surface area contributed by atoms with Gasteiger partial charge < -0.3 is 5.11 Å². The van der Waals surface area contributed by atoms with E-state index in [9.17, 15) is 5.11 Å². The van der Waals surface area contributed by atoms with Crippen LogP contribution in [0.3, 0.4) is 0 Å². The summed E-state index contributed by atoms with van der Waals surface area (Å²) in [4.78, 5) is 0. The van der Waals surface area contributed by atoms with Gasteiger partial charge in [-0.3, -0.25) is 0 Å². The van der Waals surface area contributed by atoms with Gasteiger partial charge in [-0.25, -0.2) is 0 Å². The maximum absolute atomic E-state index is 10.6. The average molecular weight is 295 g/mol. The third kappa shape index (κ3) is 3.11. The molecule has 0 aliphatic carbocycles. The van der Waals surface area contributed by atoms with E-state index in [2.05, 4.69) is 0 Å². The van der Waals surface area contributed by atoms with Gasteiger partial charge >= 0.3 is 0 Å². The lowest BCUT2D eigenvalue weighted by Gasteiger charge is -2.31. The second kappa shape index (κ2) is 5.54. The first-order valence-electron chi connectivity index (χ1n) is 6.11. The van der Waals surface area contributed by atoms with Crippen LogP contribution in [0, 0.1) is 0 Å². The summed E-state index contributed by atoms with van der Waals surface area (Å²) in [5.74, 6) is 0. The van der Waals surface area contributed by atoms with Crippen molar-refractivity contribution in [2.24, 2.45) is 0 Å². The van der Waals surface area contributed by atoms with Crippen molar-refractivity contribution in [1.82, 2.24) is 0 Å². The molecule has 100 valence electrons. The van der Waals surface area contributed by atoms with Crippen LogP contribution in [0.4, 0.5) is 0 Å². The summed E-state index contributed by atoms with van der Waals surface area (Å²) in [5, 5.41) is 11.9. The fraction of sp³-hybridized carbons (Fsp3) is 0.250. The molecule has 0 aliphatic rings. The van der Waals surface area contributed by atoms with Gasteiger partial charge in [0, 0.05) is 15.5 Å². The maximum atomic E-state index is 10.6. The van der Waals surface area contributed by atoms with Crippen molar-refractivity contribution in [2.75, 3.05) is 0 Å². The zero-order valence-electron chi connectivity index (χ0n) is 10.9. The maximum Gasteiger partial charge on any atom is 0.0881 e. The normalized spacial score (nSPS) is 13.3. The molecule has 0 radical (unpaired) electrons. The Kier molecular flexibility index (Phi) is 4.19. The van der Waals surface area contributed by atoms with Gasteiger partial charge in [0.05, 0.1) is 6.10 Å². The van der Waals surface area contributed by atoms with E-state index in [4.69, 9.17) is 23.2 Å². The molecule has 1 nitrogen and oxygen atoms in total. The molecule has 0 bridgehead atoms. The van der Waals surface area contributed by atoms with Crippen molar-refractivity contribution < 1.29 is 5.11 Å². The van der Waals surface area contributed by atoms with E-state index >= 15 is 0 Å². The minimum atomic E-state index is -0.648. The Morgan fingerprint density at radius 2 is 1.53 bits per heavy atom. The predicted molar refractivity (Wildman–Crippen MR) is 80.9 cm³/mol. The van der Waals surface area contributed by atoms with Crippen LogP contribution in [-0.4, -0.2) is 5.11 Å². The molecule has 0 spiro atoms. The highest BCUT2D eigenvalue weighted by Gasteiger charge is 2.31. The Morgan fingerprint density at radius 1 is 0.947 bits per heavy atom. The average Bonchev–Trinajstić information content (AvgIpc) is 2.38. The molecule has 19 heavy (non-hydrogen) atoms. The molecule has 1 atom stereocenters. The van der Waals surface area contributed by atoms with Crippen LogP contribution in [0.25, 0.3) is 0 Å². The van der Waals surface area contributed by atoms with E-state index in [0.29, 0.717) is 10.0 Å². The van der Waals surface area contributed by atoms with Gasteiger partial charge in [-0.05, 0) is 35.4 Å². The molecule has 0 amide bonds. The second-order valence-electron chi connectivity index (χ2n) is 5.19. The summed E-state index contributed by atoms with van der Waals surface area (Å²) in [6, 6.07) is 14.9. The van der Waals surface area contributed by atoms with Crippen LogP contribution in [0.15, 0.2) is 48.5 Å². The summed E-state index contributed by atoms with van der Waals surface area (Å²) < 4.78 is 0. The largest absolute Gasteiger partial charge is 0.388 e. The fourth-order valence-electron chi connectivity index (χ4n) is 2.14. The molecular formula is C16H16Cl2O. The molecule has 2 aromatic rings. The molecule has 0 saturated heterocycles. The van der Waals surface area contributed by atoms with Crippen molar-refractivity contribution in [3.63, 3.8) is 0 Å². The van der Waals surface area contributed by atoms with Crippen LogP contribution < -0.4 is 0 Å². The molecule has 0 fully saturated rings. The Balaban J connectivity index is 2.38. The molecule has 2 rings (SSSR count). The predicted octanol–water partition coefficient (Wildman–Crippen LogP) is 5.00. The van der Waals surface area contributed by atoms with Gasteiger partial charge in [0.2, 0.25) is 0 Å². The molecule has 0 aliphatic heterocycles. The molecule has 0 aromatic heterocycles. The van der Waals surface area contributed by atoms with E-state index in [0.717, 1.165) is 11.1 Å². The highest BCUT2D eigenvalue weighted by molar-refractivity contribution is 6.30. The smallest absolute Gasteiger partial charge is 0.0881 e. The Labute approximate surface area is 123 Å². The van der Waals surface area contributed by atoms with Crippen molar-refractivity contribution in [1.29, 1.82) is 0 Å². The monoisotopic (exact) mass is 294 g/mol. The highest BCUT2D eigenvalue weighted by Crippen LogP contribution is 2.38. The van der Waals surface area contributed by atoms with Crippen molar-refractivity contribution in [3.8, 4) is 0 Å². The van der Waals surface area contributed by atoms with Gasteiger partial charge in [-0.15, -0.1) is 0 Å². The molecular weight excluding hydrogens is 279 g/mol. The van der Waals surface area contributed by atoms with Crippen molar-refractivity contribution >= 4 is 23.2 Å². The second-order valence-corrected chi connectivity index (χ2v) is 6.06. The number of halogens is 2. The SMILES string of the molecule is CC(C)(c1cccc(Cl)c1)C(O)c1cccc(Cl)c1. The lowest BCUT2D eigenvalue weighted by atomic mass is 9.77. The van der Waals surface area contributed by atoms with Crippen LogP contribution >= 0.6 is 23.2 Å². The number of aliphatic hydroxyl groups is 1. The number of hydrogen-bond acceptors (Lipinski definition) is 1. The quantitative estimate of drug-likeness (QED) is 0.844. The standard InChI is InChI=1S/C16H16Cl2O/c1-16(2,12-6-4-8-14(18)10-12)15(19)11-5-3-7-13(17)9-11/h3-10,15,19H,1-2H3. The number of aliphatic hydroxyl groups excluding tert-OH is 1. The van der Waals surface area contributed by atoms with Gasteiger partial charge in [-0.2, -0.15) is 0 Å². The highest BCUT2D eigenvalue weighted by atomic mass is 35.5. The van der Waals surface area contributed by atoms with Crippen LogP contribution in [-0.2, 0) is 5.41 Å². The summed E-state index contributed by atoms with van der Waals surface area (Å²) in [5.41, 5.74) is 1.35. The number of hydrogen-bond donors (Lipinski definition) is 1. The van der Waals surface area contributed by atoms with Gasteiger partial charge in [0.25, 0.3) is 0 Å². The summed E-state index contributed by atoms with van der Waals surface area (Å²) in [7, 11) is 0. The van der Waals surface area contributed by atoms with Crippen LogP contribution in [0.5, 0.6) is 0 Å². The van der Waals surface area contributed by atoms with Gasteiger partial charge in [-0.1, -0.05) is 61.3 Å². The topological polar surface area (TPSA) is 20.2 Å². The summed E-state index contributed by atoms with van der Waals surface area (Å²) in [6.45, 7) is 3.98. The van der Waals surface area contributed by atoms with Crippen molar-refractivity contribution in [2.45, 2.75) is 25.4 Å². The zero-order chi connectivity index (χ0) is 14.0. The molecule has 0 heterocycles. The summed E-state index contributed by atoms with van der Waals surface area (Å²) >= 11 is 12.0. The van der Waals surface area contributed by atoms with E-state index in [-0.39, 0.29) is 0 Å². The van der Waals surface area contributed by atoms with E-state index < -0.39 is 11.5 Å². The lowest BCUT2D eigenvalue weighted by Crippen LogP contribution is -2.26. The summed E-state index contributed by atoms with van der Waals surface area (Å²) in [6.07, 6.45) is -0.648. The third-order valence-corrected chi connectivity index (χ3v) is 3.89. The Hall–Kier alpha value is -1.02. The Morgan fingerprint density at radius 3 is 2.11 bits per heavy atom. The molecule has 1 N–H and O–H groups in total. The van der Waals surface area contributed by atoms with Crippen molar-refractivity contribution in [3.05, 3.63) is 69.7 Å². The Bertz CT molecular complexity index is 578. The van der Waals surface area contributed by atoms with E-state index in [1.807, 2.05) is 50.2 Å². The zero-order valence-corrected chi connectivity index (χ0v) is 12.4. The van der Waals surface area contributed by atoms with Gasteiger partial charge in [0.15, 0.2) is 0 Å². The van der Waals surface area contributed by atoms with Crippen LogP contribution in [0.1, 0.15) is 31.1 Å². The first-order chi connectivity index (χ1) is 8.91. The first-order valence-corrected chi connectivity index (χ1v) is 6.86. The third-order valence-electron chi connectivity index (χ3n) is 3.42. The molecule has 3 heteroatoms. The fourth-order valence-corrected chi connectivity index (χ4v) is 2.53. The minimum absolute atomic E-state index is 0.449. The molecule has 1 unspecified atom stereocenters. The number of benzene rings is 2. The van der Waals surface area contributed by atoms with E-state index in [1.165, 1.54) is 0 Å². The van der Waals surface area contributed by atoms with Crippen LogP contribution in [0.2, 0.25) is 10.0 Å². The molecule has 0 saturated carbocycles. The molecule has 2 aromatic carbocycles. The lowest BCUT2D eigenvalue weighted by molar-refractivity contribution is 0.100.